The van der Waals surface area contributed by atoms with Crippen LogP contribution in [-0.2, 0) is 11.3 Å². The smallest absolute Gasteiger partial charge is 0.339 e. The second-order valence-corrected chi connectivity index (χ2v) is 7.76. The molecule has 0 radical (unpaired) electrons. The third-order valence-electron chi connectivity index (χ3n) is 4.78. The zero-order valence-electron chi connectivity index (χ0n) is 16.0. The molecule has 1 aromatic heterocycles. The van der Waals surface area contributed by atoms with Gasteiger partial charge < -0.3 is 15.8 Å². The zero-order chi connectivity index (χ0) is 20.4. The number of hydrogen-bond donors (Lipinski definition) is 3. The van der Waals surface area contributed by atoms with Gasteiger partial charge in [0.05, 0.1) is 18.7 Å². The van der Waals surface area contributed by atoms with Crippen molar-refractivity contribution in [2.75, 3.05) is 6.61 Å². The number of carbonyl (C=O) groups excluding carboxylic acids is 1. The lowest BCUT2D eigenvalue weighted by Gasteiger charge is -2.08. The van der Waals surface area contributed by atoms with Gasteiger partial charge in [0.25, 0.3) is 0 Å². The van der Waals surface area contributed by atoms with Gasteiger partial charge in [0, 0.05) is 15.0 Å². The van der Waals surface area contributed by atoms with E-state index in [2.05, 4.69) is 41.7 Å². The molecule has 0 saturated carbocycles. The molecule has 0 spiro atoms. The number of nitrogens with one attached hydrogen (secondary N) is 2. The first-order chi connectivity index (χ1) is 14.1. The van der Waals surface area contributed by atoms with E-state index in [0.717, 1.165) is 26.1 Å². The molecule has 4 rings (SSSR count). The predicted octanol–water partition coefficient (Wildman–Crippen LogP) is 4.88. The Bertz CT molecular complexity index is 1220. The summed E-state index contributed by atoms with van der Waals surface area (Å²) < 4.78 is 6.31. The van der Waals surface area contributed by atoms with Crippen molar-refractivity contribution < 1.29 is 9.53 Å². The zero-order valence-corrected chi connectivity index (χ0v) is 16.8. The molecule has 1 heterocycles. The van der Waals surface area contributed by atoms with Crippen molar-refractivity contribution in [3.63, 3.8) is 0 Å². The lowest BCUT2D eigenvalue weighted by molar-refractivity contribution is 0.0528. The first kappa shape index (κ1) is 19.0. The molecule has 0 amide bonds. The normalized spacial score (nSPS) is 10.9. The molecule has 4 N–H and O–H groups in total. The van der Waals surface area contributed by atoms with E-state index in [4.69, 9.17) is 15.9 Å². The van der Waals surface area contributed by atoms with E-state index in [-0.39, 0.29) is 11.9 Å². The second kappa shape index (κ2) is 7.93. The summed E-state index contributed by atoms with van der Waals surface area (Å²) in [4.78, 5) is 13.5. The molecule has 0 unspecified atom stereocenters. The molecule has 0 aliphatic heterocycles. The highest BCUT2D eigenvalue weighted by molar-refractivity contribution is 7.19. The molecular formula is C23H21N3O2S. The monoisotopic (exact) mass is 403 g/mol. The minimum Gasteiger partial charge on any atom is -0.462 e. The van der Waals surface area contributed by atoms with Crippen LogP contribution in [0, 0.1) is 5.41 Å². The minimum absolute atomic E-state index is 0.131. The molecule has 146 valence electrons. The van der Waals surface area contributed by atoms with Gasteiger partial charge in [0.15, 0.2) is 5.96 Å². The topological polar surface area (TPSA) is 88.2 Å². The van der Waals surface area contributed by atoms with Crippen LogP contribution in [0.3, 0.4) is 0 Å². The number of hydrogen-bond acceptors (Lipinski definition) is 4. The Balaban J connectivity index is 1.89. The standard InChI is InChI=1S/C23H21N3O2S/c1-2-28-22(27)21-18-12-15(10-11-19(18)29-20(21)13-26-23(24)25)17-9-5-7-14-6-3-4-8-16(14)17/h3-12H,2,13H2,1H3,(H4,24,25,26). The first-order valence-corrected chi connectivity index (χ1v) is 10.2. The van der Waals surface area contributed by atoms with Gasteiger partial charge in [-0.25, -0.2) is 4.79 Å². The summed E-state index contributed by atoms with van der Waals surface area (Å²) in [7, 11) is 0. The average molecular weight is 404 g/mol. The number of nitrogens with two attached hydrogens (primary N) is 1. The van der Waals surface area contributed by atoms with E-state index < -0.39 is 0 Å². The maximum Gasteiger partial charge on any atom is 0.339 e. The molecule has 4 aromatic rings. The summed E-state index contributed by atoms with van der Waals surface area (Å²) in [5.41, 5.74) is 8.14. The quantitative estimate of drug-likeness (QED) is 0.252. The molecule has 0 atom stereocenters. The number of guanidine groups is 1. The Morgan fingerprint density at radius 3 is 2.69 bits per heavy atom. The highest BCUT2D eigenvalue weighted by Crippen LogP contribution is 2.37. The molecule has 0 saturated heterocycles. The number of esters is 1. The SMILES string of the molecule is CCOC(=O)c1c(CNC(=N)N)sc2ccc(-c3cccc4ccccc34)cc12. The predicted molar refractivity (Wildman–Crippen MR) is 119 cm³/mol. The summed E-state index contributed by atoms with van der Waals surface area (Å²) in [6, 6.07) is 20.7. The van der Waals surface area contributed by atoms with Crippen LogP contribution in [0.1, 0.15) is 22.2 Å². The fourth-order valence-corrected chi connectivity index (χ4v) is 4.63. The summed E-state index contributed by atoms with van der Waals surface area (Å²) >= 11 is 1.51. The lowest BCUT2D eigenvalue weighted by Crippen LogP contribution is -2.29. The largest absolute Gasteiger partial charge is 0.462 e. The van der Waals surface area contributed by atoms with Crippen LogP contribution in [0.2, 0.25) is 0 Å². The van der Waals surface area contributed by atoms with Crippen molar-refractivity contribution in [2.24, 2.45) is 5.73 Å². The highest BCUT2D eigenvalue weighted by atomic mass is 32.1. The number of ether oxygens (including phenoxy) is 1. The van der Waals surface area contributed by atoms with E-state index in [0.29, 0.717) is 18.7 Å². The van der Waals surface area contributed by atoms with Crippen LogP contribution < -0.4 is 11.1 Å². The highest BCUT2D eigenvalue weighted by Gasteiger charge is 2.21. The summed E-state index contributed by atoms with van der Waals surface area (Å²) in [5, 5.41) is 13.4. The van der Waals surface area contributed by atoms with Crippen molar-refractivity contribution in [3.05, 3.63) is 71.1 Å². The Kier molecular flexibility index (Phi) is 5.18. The van der Waals surface area contributed by atoms with Crippen molar-refractivity contribution >= 4 is 44.1 Å². The Labute approximate surface area is 172 Å². The number of carbonyl (C=O) groups is 1. The van der Waals surface area contributed by atoms with Crippen molar-refractivity contribution in [1.29, 1.82) is 5.41 Å². The second-order valence-electron chi connectivity index (χ2n) is 6.63. The molecule has 0 aliphatic rings. The maximum absolute atomic E-state index is 12.7. The third kappa shape index (κ3) is 3.67. The minimum atomic E-state index is -0.353. The summed E-state index contributed by atoms with van der Waals surface area (Å²) in [6.45, 7) is 2.41. The Hall–Kier alpha value is -3.38. The van der Waals surface area contributed by atoms with E-state index in [9.17, 15) is 4.79 Å². The third-order valence-corrected chi connectivity index (χ3v) is 5.95. The summed E-state index contributed by atoms with van der Waals surface area (Å²) in [6.07, 6.45) is 0. The number of rotatable bonds is 5. The van der Waals surface area contributed by atoms with Gasteiger partial charge in [-0.2, -0.15) is 0 Å². The van der Waals surface area contributed by atoms with E-state index in [1.807, 2.05) is 24.3 Å². The molecular weight excluding hydrogens is 382 g/mol. The van der Waals surface area contributed by atoms with Gasteiger partial charge in [-0.05, 0) is 41.0 Å². The van der Waals surface area contributed by atoms with Gasteiger partial charge in [-0.1, -0.05) is 48.5 Å². The lowest BCUT2D eigenvalue weighted by atomic mass is 9.97. The van der Waals surface area contributed by atoms with Crippen LogP contribution in [0.5, 0.6) is 0 Å². The van der Waals surface area contributed by atoms with Gasteiger partial charge >= 0.3 is 5.97 Å². The molecule has 5 nitrogen and oxygen atoms in total. The first-order valence-electron chi connectivity index (χ1n) is 9.37. The molecule has 0 aliphatic carbocycles. The Morgan fingerprint density at radius 2 is 1.90 bits per heavy atom. The summed E-state index contributed by atoms with van der Waals surface area (Å²) in [5.74, 6) is -0.483. The van der Waals surface area contributed by atoms with Crippen LogP contribution in [-0.4, -0.2) is 18.5 Å². The van der Waals surface area contributed by atoms with Crippen LogP contribution in [0.4, 0.5) is 0 Å². The molecule has 6 heteroatoms. The van der Waals surface area contributed by atoms with Gasteiger partial charge in [-0.15, -0.1) is 11.3 Å². The molecule has 29 heavy (non-hydrogen) atoms. The van der Waals surface area contributed by atoms with Crippen molar-refractivity contribution in [1.82, 2.24) is 5.32 Å². The van der Waals surface area contributed by atoms with Gasteiger partial charge in [-0.3, -0.25) is 5.41 Å². The number of fused-ring (bicyclic) bond motifs is 2. The van der Waals surface area contributed by atoms with Crippen LogP contribution >= 0.6 is 11.3 Å². The van der Waals surface area contributed by atoms with Crippen LogP contribution in [0.15, 0.2) is 60.7 Å². The van der Waals surface area contributed by atoms with E-state index >= 15 is 0 Å². The van der Waals surface area contributed by atoms with Crippen LogP contribution in [0.25, 0.3) is 32.0 Å². The van der Waals surface area contributed by atoms with E-state index in [1.54, 1.807) is 6.92 Å². The fraction of sp³-hybridized carbons (Fsp3) is 0.130. The Morgan fingerprint density at radius 1 is 1.10 bits per heavy atom. The average Bonchev–Trinajstić information content (AvgIpc) is 3.09. The molecule has 0 fully saturated rings. The number of thiophene rings is 1. The molecule has 0 bridgehead atoms. The van der Waals surface area contributed by atoms with Gasteiger partial charge in [0.1, 0.15) is 0 Å². The maximum atomic E-state index is 12.7. The molecule has 3 aromatic carbocycles. The fourth-order valence-electron chi connectivity index (χ4n) is 3.52. The van der Waals surface area contributed by atoms with E-state index in [1.165, 1.54) is 22.1 Å². The van der Waals surface area contributed by atoms with Crippen molar-refractivity contribution in [2.45, 2.75) is 13.5 Å². The number of benzene rings is 3. The van der Waals surface area contributed by atoms with Crippen molar-refractivity contribution in [3.8, 4) is 11.1 Å². The van der Waals surface area contributed by atoms with Gasteiger partial charge in [0.2, 0.25) is 0 Å².